The lowest BCUT2D eigenvalue weighted by Gasteiger charge is -2.13. The third-order valence-corrected chi connectivity index (χ3v) is 6.15. The van der Waals surface area contributed by atoms with Crippen molar-refractivity contribution in [2.45, 2.75) is 30.4 Å². The van der Waals surface area contributed by atoms with Crippen molar-refractivity contribution in [1.82, 2.24) is 4.72 Å². The Labute approximate surface area is 167 Å². The van der Waals surface area contributed by atoms with Crippen LogP contribution in [0.1, 0.15) is 28.8 Å². The summed E-state index contributed by atoms with van der Waals surface area (Å²) in [6.07, 6.45) is 1.50. The Hall–Kier alpha value is -2.00. The van der Waals surface area contributed by atoms with Crippen LogP contribution in [-0.4, -0.2) is 33.6 Å². The molecule has 150 valence electrons. The summed E-state index contributed by atoms with van der Waals surface area (Å²) in [4.78, 5) is 12.1. The zero-order valence-corrected chi connectivity index (χ0v) is 16.4. The average Bonchev–Trinajstić information content (AvgIpc) is 3.18. The summed E-state index contributed by atoms with van der Waals surface area (Å²) >= 11 is 6.03. The predicted octanol–water partition coefficient (Wildman–Crippen LogP) is 3.29. The van der Waals surface area contributed by atoms with Gasteiger partial charge in [0.05, 0.1) is 16.7 Å². The Kier molecular flexibility index (Phi) is 6.66. The second kappa shape index (κ2) is 9.00. The van der Waals surface area contributed by atoms with E-state index in [2.05, 4.69) is 4.72 Å². The summed E-state index contributed by atoms with van der Waals surface area (Å²) < 4.78 is 51.3. The molecule has 28 heavy (non-hydrogen) atoms. The van der Waals surface area contributed by atoms with Gasteiger partial charge in [0.2, 0.25) is 10.0 Å². The fraction of sp³-hybridized carbons (Fsp3) is 0.316. The molecule has 0 bridgehead atoms. The fourth-order valence-corrected chi connectivity index (χ4v) is 4.37. The highest BCUT2D eigenvalue weighted by Gasteiger charge is 2.23. The molecule has 6 nitrogen and oxygen atoms in total. The molecule has 2 aromatic carbocycles. The van der Waals surface area contributed by atoms with Crippen LogP contribution in [0.15, 0.2) is 47.4 Å². The highest BCUT2D eigenvalue weighted by atomic mass is 35.5. The number of hydrogen-bond donors (Lipinski definition) is 1. The molecule has 1 fully saturated rings. The van der Waals surface area contributed by atoms with Crippen molar-refractivity contribution in [3.05, 3.63) is 64.4 Å². The minimum absolute atomic E-state index is 0.0125. The molecule has 0 radical (unpaired) electrons. The van der Waals surface area contributed by atoms with Gasteiger partial charge >= 0.3 is 5.97 Å². The minimum Gasteiger partial charge on any atom is -0.457 e. The number of halogens is 2. The average molecular weight is 428 g/mol. The number of carbonyl (C=O) groups excluding carboxylic acids is 1. The van der Waals surface area contributed by atoms with E-state index in [0.717, 1.165) is 18.9 Å². The molecule has 0 spiro atoms. The second-order valence-corrected chi connectivity index (χ2v) is 8.48. The summed E-state index contributed by atoms with van der Waals surface area (Å²) in [5.41, 5.74) is 0.506. The van der Waals surface area contributed by atoms with Crippen molar-refractivity contribution in [1.29, 1.82) is 0 Å². The van der Waals surface area contributed by atoms with E-state index in [1.165, 1.54) is 30.3 Å². The lowest BCUT2D eigenvalue weighted by atomic mass is 10.2. The maximum absolute atomic E-state index is 13.2. The number of carbonyl (C=O) groups is 1. The van der Waals surface area contributed by atoms with Crippen LogP contribution in [0.4, 0.5) is 4.39 Å². The highest BCUT2D eigenvalue weighted by molar-refractivity contribution is 7.89. The van der Waals surface area contributed by atoms with Gasteiger partial charge in [0.1, 0.15) is 17.3 Å². The van der Waals surface area contributed by atoms with Crippen LogP contribution in [-0.2, 0) is 26.1 Å². The van der Waals surface area contributed by atoms with Crippen molar-refractivity contribution >= 4 is 27.6 Å². The van der Waals surface area contributed by atoms with E-state index in [4.69, 9.17) is 21.1 Å². The molecule has 0 saturated carbocycles. The number of esters is 1. The molecule has 1 aliphatic rings. The Morgan fingerprint density at radius 3 is 2.82 bits per heavy atom. The van der Waals surface area contributed by atoms with Gasteiger partial charge in [-0.05, 0) is 48.7 Å². The van der Waals surface area contributed by atoms with Crippen molar-refractivity contribution < 1.29 is 27.1 Å². The van der Waals surface area contributed by atoms with E-state index in [1.54, 1.807) is 6.07 Å². The lowest BCUT2D eigenvalue weighted by molar-refractivity contribution is 0.0472. The standard InChI is InChI=1S/C19H19ClFNO5S/c20-17-7-6-14(19(23)27-12-13-3-1-4-15(21)9-13)10-18(17)28(24,25)22-11-16-5-2-8-26-16/h1,3-4,6-7,9-10,16,22H,2,5,8,11-12H2. The van der Waals surface area contributed by atoms with Gasteiger partial charge in [0.15, 0.2) is 0 Å². The van der Waals surface area contributed by atoms with Gasteiger partial charge < -0.3 is 9.47 Å². The molecule has 2 aromatic rings. The Morgan fingerprint density at radius 1 is 1.29 bits per heavy atom. The summed E-state index contributed by atoms with van der Waals surface area (Å²) in [6, 6.07) is 9.50. The first-order valence-electron chi connectivity index (χ1n) is 8.67. The topological polar surface area (TPSA) is 81.7 Å². The van der Waals surface area contributed by atoms with Gasteiger partial charge in [-0.15, -0.1) is 0 Å². The van der Waals surface area contributed by atoms with Crippen molar-refractivity contribution in [2.75, 3.05) is 13.2 Å². The van der Waals surface area contributed by atoms with Crippen molar-refractivity contribution in [2.24, 2.45) is 0 Å². The molecular formula is C19H19ClFNO5S. The second-order valence-electron chi connectivity index (χ2n) is 6.34. The first kappa shape index (κ1) is 20.7. The molecule has 1 saturated heterocycles. The molecule has 1 atom stereocenters. The maximum Gasteiger partial charge on any atom is 0.338 e. The molecule has 1 heterocycles. The summed E-state index contributed by atoms with van der Waals surface area (Å²) in [5, 5.41) is -0.0125. The minimum atomic E-state index is -3.93. The van der Waals surface area contributed by atoms with Crippen molar-refractivity contribution in [3.63, 3.8) is 0 Å². The summed E-state index contributed by atoms with van der Waals surface area (Å²) in [5.74, 6) is -1.18. The molecule has 0 amide bonds. The number of benzene rings is 2. The zero-order valence-electron chi connectivity index (χ0n) is 14.9. The molecule has 0 aliphatic carbocycles. The Morgan fingerprint density at radius 2 is 2.11 bits per heavy atom. The monoisotopic (exact) mass is 427 g/mol. The van der Waals surface area contributed by atoms with Crippen molar-refractivity contribution in [3.8, 4) is 0 Å². The molecule has 0 aromatic heterocycles. The highest BCUT2D eigenvalue weighted by Crippen LogP contribution is 2.24. The van der Waals surface area contributed by atoms with Gasteiger partial charge in [-0.2, -0.15) is 0 Å². The third-order valence-electron chi connectivity index (χ3n) is 4.24. The normalized spacial score (nSPS) is 16.9. The number of hydrogen-bond acceptors (Lipinski definition) is 5. The number of ether oxygens (including phenoxy) is 2. The summed E-state index contributed by atoms with van der Waals surface area (Å²) in [6.45, 7) is 0.602. The van der Waals surface area contributed by atoms with Crippen LogP contribution in [0.25, 0.3) is 0 Å². The van der Waals surface area contributed by atoms with Gasteiger partial charge in [-0.3, -0.25) is 0 Å². The van der Waals surface area contributed by atoms with Crippen LogP contribution < -0.4 is 4.72 Å². The first-order valence-corrected chi connectivity index (χ1v) is 10.5. The molecule has 1 N–H and O–H groups in total. The maximum atomic E-state index is 13.2. The summed E-state index contributed by atoms with van der Waals surface area (Å²) in [7, 11) is -3.93. The molecule has 1 aliphatic heterocycles. The first-order chi connectivity index (χ1) is 13.3. The number of nitrogens with one attached hydrogen (secondary N) is 1. The molecule has 3 rings (SSSR count). The van der Waals surface area contributed by atoms with Gasteiger partial charge in [0, 0.05) is 13.2 Å². The Balaban J connectivity index is 1.69. The third kappa shape index (κ3) is 5.29. The van der Waals surface area contributed by atoms with Crippen LogP contribution in [0, 0.1) is 5.82 Å². The SMILES string of the molecule is O=C(OCc1cccc(F)c1)c1ccc(Cl)c(S(=O)(=O)NCC2CCCO2)c1. The van der Waals surface area contributed by atoms with Crippen LogP contribution >= 0.6 is 11.6 Å². The number of rotatable bonds is 7. The van der Waals surface area contributed by atoms with Gasteiger partial charge in [0.25, 0.3) is 0 Å². The van der Waals surface area contributed by atoms with E-state index in [1.807, 2.05) is 0 Å². The van der Waals surface area contributed by atoms with E-state index in [0.29, 0.717) is 12.2 Å². The van der Waals surface area contributed by atoms with Crippen LogP contribution in [0.2, 0.25) is 5.02 Å². The smallest absolute Gasteiger partial charge is 0.338 e. The predicted molar refractivity (Wildman–Crippen MR) is 101 cm³/mol. The Bertz CT molecular complexity index is 961. The van der Waals surface area contributed by atoms with E-state index in [9.17, 15) is 17.6 Å². The fourth-order valence-electron chi connectivity index (χ4n) is 2.78. The van der Waals surface area contributed by atoms with E-state index < -0.39 is 21.8 Å². The lowest BCUT2D eigenvalue weighted by Crippen LogP contribution is -2.32. The molecule has 1 unspecified atom stereocenters. The van der Waals surface area contributed by atoms with Crippen LogP contribution in [0.3, 0.4) is 0 Å². The van der Waals surface area contributed by atoms with Gasteiger partial charge in [-0.1, -0.05) is 23.7 Å². The largest absolute Gasteiger partial charge is 0.457 e. The van der Waals surface area contributed by atoms with Crippen LogP contribution in [0.5, 0.6) is 0 Å². The van der Waals surface area contributed by atoms with E-state index >= 15 is 0 Å². The zero-order chi connectivity index (χ0) is 20.1. The molecule has 9 heteroatoms. The molecular weight excluding hydrogens is 409 g/mol. The number of sulfonamides is 1. The van der Waals surface area contributed by atoms with Gasteiger partial charge in [-0.25, -0.2) is 22.3 Å². The van der Waals surface area contributed by atoms with E-state index in [-0.39, 0.29) is 34.7 Å². The quantitative estimate of drug-likeness (QED) is 0.686.